The summed E-state index contributed by atoms with van der Waals surface area (Å²) in [5, 5.41) is 6.63. The van der Waals surface area contributed by atoms with Crippen LogP contribution >= 0.6 is 32.1 Å². The summed E-state index contributed by atoms with van der Waals surface area (Å²) in [4.78, 5) is 0. The van der Waals surface area contributed by atoms with Gasteiger partial charge in [-0.2, -0.15) is 0 Å². The van der Waals surface area contributed by atoms with Crippen molar-refractivity contribution in [3.05, 3.63) is 10.3 Å². The lowest BCUT2D eigenvalue weighted by Crippen LogP contribution is -1.87. The molecule has 1 aliphatic rings. The molecule has 0 aromatic rings. The van der Waals surface area contributed by atoms with E-state index >= 15 is 0 Å². The molecule has 5 heteroatoms. The number of hydrogen-bond donors (Lipinski definition) is 2. The number of halogens is 2. The molecule has 2 N–H and O–H groups in total. The molecule has 1 aliphatic heterocycles. The fourth-order valence-electron chi connectivity index (χ4n) is 0.251. The molecule has 0 unspecified atom stereocenters. The van der Waals surface area contributed by atoms with Gasteiger partial charge in [-0.15, -0.1) is 0 Å². The highest BCUT2D eigenvalue weighted by atomic mass is 35.5. The summed E-state index contributed by atoms with van der Waals surface area (Å²) in [5.41, 5.74) is 0. The zero-order chi connectivity index (χ0) is 5.28. The Morgan fingerprint density at radius 3 is 1.71 bits per heavy atom. The van der Waals surface area contributed by atoms with Gasteiger partial charge in [0.15, 0.2) is 0 Å². The van der Waals surface area contributed by atoms with E-state index in [1.165, 1.54) is 0 Å². The first-order valence-electron chi connectivity index (χ1n) is 1.63. The van der Waals surface area contributed by atoms with Crippen LogP contribution in [0.2, 0.25) is 0 Å². The zero-order valence-corrected chi connectivity index (χ0v) is 5.77. The van der Waals surface area contributed by atoms with E-state index in [1.54, 1.807) is 0 Å². The second kappa shape index (κ2) is 2.08. The molecule has 0 saturated heterocycles. The van der Waals surface area contributed by atoms with Gasteiger partial charge in [0.25, 0.3) is 0 Å². The third kappa shape index (κ3) is 1.12. The SMILES string of the molecule is ClC1=C(Cl)NPN1. The van der Waals surface area contributed by atoms with Crippen LogP contribution in [-0.4, -0.2) is 0 Å². The van der Waals surface area contributed by atoms with E-state index in [0.29, 0.717) is 19.2 Å². The molecule has 0 aromatic heterocycles. The molecule has 0 bridgehead atoms. The fraction of sp³-hybridized carbons (Fsp3) is 0. The van der Waals surface area contributed by atoms with Crippen LogP contribution in [0.1, 0.15) is 0 Å². The Morgan fingerprint density at radius 2 is 1.57 bits per heavy atom. The first kappa shape index (κ1) is 5.49. The maximum absolute atomic E-state index is 5.44. The Kier molecular flexibility index (Phi) is 1.63. The summed E-state index contributed by atoms with van der Waals surface area (Å²) >= 11 is 10.9. The second-order valence-electron chi connectivity index (χ2n) is 1.00. The van der Waals surface area contributed by atoms with Crippen LogP contribution in [0.15, 0.2) is 10.3 Å². The molecule has 2 nitrogen and oxygen atoms in total. The van der Waals surface area contributed by atoms with Crippen molar-refractivity contribution in [1.29, 1.82) is 0 Å². The molecule has 0 saturated carbocycles. The van der Waals surface area contributed by atoms with E-state index in [1.807, 2.05) is 0 Å². The van der Waals surface area contributed by atoms with Crippen LogP contribution in [0.25, 0.3) is 0 Å². The molecule has 0 amide bonds. The maximum Gasteiger partial charge on any atom is 0.142 e. The monoisotopic (exact) mass is 156 g/mol. The lowest BCUT2D eigenvalue weighted by atomic mass is 10.9. The van der Waals surface area contributed by atoms with Gasteiger partial charge in [-0.3, -0.25) is 0 Å². The molecule has 0 radical (unpaired) electrons. The molecule has 0 aliphatic carbocycles. The highest BCUT2D eigenvalue weighted by Crippen LogP contribution is 2.22. The van der Waals surface area contributed by atoms with E-state index in [-0.39, 0.29) is 0 Å². The van der Waals surface area contributed by atoms with Gasteiger partial charge in [0.05, 0.1) is 8.88 Å². The lowest BCUT2D eigenvalue weighted by Gasteiger charge is -1.85. The highest BCUT2D eigenvalue weighted by molar-refractivity contribution is 7.34. The summed E-state index contributed by atoms with van der Waals surface area (Å²) in [6.45, 7) is 0. The molecule has 0 aromatic carbocycles. The molecular weight excluding hydrogens is 154 g/mol. The minimum atomic E-state index is 0.431. The lowest BCUT2D eigenvalue weighted by molar-refractivity contribution is 1.36. The Bertz CT molecular complexity index is 100. The van der Waals surface area contributed by atoms with E-state index < -0.39 is 0 Å². The molecular formula is C2H3Cl2N2P. The molecule has 0 spiro atoms. The van der Waals surface area contributed by atoms with Crippen LogP contribution in [0.4, 0.5) is 0 Å². The van der Waals surface area contributed by atoms with Crippen molar-refractivity contribution in [2.24, 2.45) is 0 Å². The quantitative estimate of drug-likeness (QED) is 0.408. The van der Waals surface area contributed by atoms with Crippen LogP contribution in [0, 0.1) is 0 Å². The van der Waals surface area contributed by atoms with E-state index in [0.717, 1.165) is 0 Å². The zero-order valence-electron chi connectivity index (χ0n) is 3.26. The maximum atomic E-state index is 5.44. The van der Waals surface area contributed by atoms with Gasteiger partial charge in [0.2, 0.25) is 0 Å². The van der Waals surface area contributed by atoms with Gasteiger partial charge in [-0.25, -0.2) is 0 Å². The average molecular weight is 157 g/mol. The van der Waals surface area contributed by atoms with Gasteiger partial charge in [0, 0.05) is 0 Å². The van der Waals surface area contributed by atoms with Gasteiger partial charge in [0.1, 0.15) is 10.3 Å². The van der Waals surface area contributed by atoms with Crippen molar-refractivity contribution in [2.45, 2.75) is 0 Å². The second-order valence-corrected chi connectivity index (χ2v) is 2.51. The summed E-state index contributed by atoms with van der Waals surface area (Å²) in [7, 11) is 0.431. The molecule has 1 heterocycles. The third-order valence-electron chi connectivity index (χ3n) is 0.537. The van der Waals surface area contributed by atoms with E-state index in [4.69, 9.17) is 23.2 Å². The molecule has 1 rings (SSSR count). The van der Waals surface area contributed by atoms with Crippen molar-refractivity contribution in [3.63, 3.8) is 0 Å². The van der Waals surface area contributed by atoms with Crippen molar-refractivity contribution in [3.8, 4) is 0 Å². The first-order chi connectivity index (χ1) is 3.30. The Morgan fingerprint density at radius 1 is 1.14 bits per heavy atom. The highest BCUT2D eigenvalue weighted by Gasteiger charge is 2.05. The molecule has 40 valence electrons. The normalized spacial score (nSPS) is 19.1. The van der Waals surface area contributed by atoms with Gasteiger partial charge in [-0.05, 0) is 0 Å². The van der Waals surface area contributed by atoms with Crippen LogP contribution < -0.4 is 10.2 Å². The van der Waals surface area contributed by atoms with Crippen LogP contribution in [-0.2, 0) is 0 Å². The predicted octanol–water partition coefficient (Wildman–Crippen LogP) is 1.29. The van der Waals surface area contributed by atoms with Crippen molar-refractivity contribution < 1.29 is 0 Å². The molecule has 7 heavy (non-hydrogen) atoms. The molecule has 0 fully saturated rings. The fourth-order valence-corrected chi connectivity index (χ4v) is 1.32. The van der Waals surface area contributed by atoms with Gasteiger partial charge in [-0.1, -0.05) is 23.2 Å². The van der Waals surface area contributed by atoms with Crippen molar-refractivity contribution in [2.75, 3.05) is 0 Å². The van der Waals surface area contributed by atoms with Crippen molar-refractivity contribution in [1.82, 2.24) is 10.2 Å². The largest absolute Gasteiger partial charge is 0.338 e. The average Bonchev–Trinajstić information content (AvgIpc) is 1.91. The summed E-state index contributed by atoms with van der Waals surface area (Å²) in [6, 6.07) is 0. The van der Waals surface area contributed by atoms with Crippen LogP contribution in [0.3, 0.4) is 0 Å². The predicted molar refractivity (Wildman–Crippen MR) is 33.3 cm³/mol. The Labute approximate surface area is 53.1 Å². The topological polar surface area (TPSA) is 24.1 Å². The van der Waals surface area contributed by atoms with E-state index in [9.17, 15) is 0 Å². The minimum Gasteiger partial charge on any atom is -0.338 e. The first-order valence-corrected chi connectivity index (χ1v) is 3.38. The number of hydrogen-bond acceptors (Lipinski definition) is 2. The standard InChI is InChI=1S/C2H3Cl2N2P/c3-1-2(4)6-7-5-1/h5-7H. The van der Waals surface area contributed by atoms with Crippen LogP contribution in [0.5, 0.6) is 0 Å². The number of nitrogens with one attached hydrogen (secondary N) is 2. The summed E-state index contributed by atoms with van der Waals surface area (Å²) in [5.74, 6) is 0. The third-order valence-corrected chi connectivity index (χ3v) is 2.27. The Balaban J connectivity index is 2.64. The minimum absolute atomic E-state index is 0.431. The smallest absolute Gasteiger partial charge is 0.142 e. The number of rotatable bonds is 0. The van der Waals surface area contributed by atoms with Gasteiger partial charge >= 0.3 is 0 Å². The van der Waals surface area contributed by atoms with Crippen molar-refractivity contribution >= 4 is 32.1 Å². The Hall–Kier alpha value is 0.350. The van der Waals surface area contributed by atoms with E-state index in [2.05, 4.69) is 10.2 Å². The van der Waals surface area contributed by atoms with Gasteiger partial charge < -0.3 is 10.2 Å². The summed E-state index contributed by atoms with van der Waals surface area (Å²) in [6.07, 6.45) is 0. The summed E-state index contributed by atoms with van der Waals surface area (Å²) < 4.78 is 0. The molecule has 0 atom stereocenters.